The summed E-state index contributed by atoms with van der Waals surface area (Å²) in [6.45, 7) is 26.3. The van der Waals surface area contributed by atoms with E-state index in [9.17, 15) is 0 Å². The molecule has 3 nitrogen and oxygen atoms in total. The molecule has 0 spiro atoms. The van der Waals surface area contributed by atoms with Gasteiger partial charge in [-0.25, -0.2) is 0 Å². The van der Waals surface area contributed by atoms with Gasteiger partial charge in [-0.2, -0.15) is 0 Å². The maximum absolute atomic E-state index is 4.22. The predicted octanol–water partition coefficient (Wildman–Crippen LogP) is 8.59. The van der Waals surface area contributed by atoms with Gasteiger partial charge in [0.15, 0.2) is 0 Å². The van der Waals surface area contributed by atoms with Crippen LogP contribution in [0.3, 0.4) is 0 Å². The van der Waals surface area contributed by atoms with Gasteiger partial charge in [0.05, 0.1) is 0 Å². The molecule has 0 N–H and O–H groups in total. The largest absolute Gasteiger partial charge is 0.306 e. The van der Waals surface area contributed by atoms with Crippen LogP contribution in [0.2, 0.25) is 0 Å². The Hall–Kier alpha value is -0.930. The molecule has 1 aromatic rings. The van der Waals surface area contributed by atoms with E-state index in [1.807, 2.05) is 18.3 Å². The summed E-state index contributed by atoms with van der Waals surface area (Å²) in [5.74, 6) is 2.37. The van der Waals surface area contributed by atoms with Crippen molar-refractivity contribution in [1.29, 1.82) is 0 Å². The lowest BCUT2D eigenvalue weighted by molar-refractivity contribution is 0.229. The molecule has 2 aliphatic heterocycles. The molecule has 2 fully saturated rings. The highest BCUT2D eigenvalue weighted by molar-refractivity contribution is 5.03. The Bertz CT molecular complexity index is 472. The minimum atomic E-state index is 0.704. The van der Waals surface area contributed by atoms with E-state index >= 15 is 0 Å². The highest BCUT2D eigenvalue weighted by atomic mass is 15.1. The summed E-state index contributed by atoms with van der Waals surface area (Å²) in [5.41, 5.74) is 1.19. The van der Waals surface area contributed by atoms with Gasteiger partial charge in [-0.1, -0.05) is 81.2 Å². The van der Waals surface area contributed by atoms with Crippen LogP contribution in [0.15, 0.2) is 24.4 Å². The van der Waals surface area contributed by atoms with Crippen molar-refractivity contribution in [3.63, 3.8) is 0 Å². The lowest BCUT2D eigenvalue weighted by Gasteiger charge is -2.25. The summed E-state index contributed by atoms with van der Waals surface area (Å²) in [5, 5.41) is 0. The number of nitrogens with zero attached hydrogens (tertiary/aromatic N) is 3. The van der Waals surface area contributed by atoms with E-state index in [1.54, 1.807) is 0 Å². The Balaban J connectivity index is 0. The summed E-state index contributed by atoms with van der Waals surface area (Å²) < 4.78 is 0. The van der Waals surface area contributed by atoms with Gasteiger partial charge >= 0.3 is 0 Å². The van der Waals surface area contributed by atoms with Crippen LogP contribution in [-0.2, 0) is 6.42 Å². The van der Waals surface area contributed by atoms with Crippen molar-refractivity contribution in [2.24, 2.45) is 17.8 Å². The molecule has 0 unspecified atom stereocenters. The fourth-order valence-electron chi connectivity index (χ4n) is 3.49. The van der Waals surface area contributed by atoms with Gasteiger partial charge in [-0.05, 0) is 108 Å². The van der Waals surface area contributed by atoms with E-state index in [0.29, 0.717) is 5.92 Å². The smallest absolute Gasteiger partial charge is 0.0406 e. The minimum absolute atomic E-state index is 0.704. The van der Waals surface area contributed by atoms with Crippen LogP contribution in [0.5, 0.6) is 0 Å². The number of rotatable bonds is 4. The van der Waals surface area contributed by atoms with Gasteiger partial charge in [0, 0.05) is 11.9 Å². The van der Waals surface area contributed by atoms with Crippen LogP contribution >= 0.6 is 0 Å². The fraction of sp³-hybridized carbons (Fsp3) is 0.839. The Morgan fingerprint density at radius 2 is 1.21 bits per heavy atom. The fourth-order valence-corrected chi connectivity index (χ4v) is 3.49. The van der Waals surface area contributed by atoms with Crippen molar-refractivity contribution in [1.82, 2.24) is 14.8 Å². The standard InChI is InChI=1S/C9H13N.C8H17N.C6H13N.2C4H10/c1-8(2)7-9-5-3-4-6-10-9;1-2-6-9-7-4-3-5-8-9;1-7-5-3-2-4-6-7;2*1-4(2)3/h3-6,8H,7H2,1-2H3;2-8H2,1H3;2-6H2,1H3;2*4H,1-3H3. The predicted molar refractivity (Wildman–Crippen MR) is 156 cm³/mol. The Morgan fingerprint density at radius 3 is 1.53 bits per heavy atom. The molecule has 0 aromatic carbocycles. The molecule has 0 bridgehead atoms. The first-order chi connectivity index (χ1) is 16.1. The Morgan fingerprint density at radius 1 is 0.735 bits per heavy atom. The number of hydrogen-bond acceptors (Lipinski definition) is 3. The van der Waals surface area contributed by atoms with Gasteiger partial charge in [0.1, 0.15) is 0 Å². The van der Waals surface area contributed by atoms with Crippen molar-refractivity contribution in [2.75, 3.05) is 39.8 Å². The minimum Gasteiger partial charge on any atom is -0.306 e. The zero-order valence-electron chi connectivity index (χ0n) is 25.1. The molecule has 0 aliphatic carbocycles. The Labute approximate surface area is 216 Å². The number of pyridine rings is 1. The topological polar surface area (TPSA) is 19.4 Å². The summed E-state index contributed by atoms with van der Waals surface area (Å²) in [6.07, 6.45) is 12.8. The number of likely N-dealkylation sites (tertiary alicyclic amines) is 2. The molecule has 0 amide bonds. The van der Waals surface area contributed by atoms with Crippen molar-refractivity contribution in [2.45, 2.75) is 114 Å². The first-order valence-electron chi connectivity index (χ1n) is 14.4. The molecule has 3 rings (SSSR count). The zero-order chi connectivity index (χ0) is 26.2. The van der Waals surface area contributed by atoms with Crippen molar-refractivity contribution >= 4 is 0 Å². The SMILES string of the molecule is CC(C)C.CC(C)C.CC(C)Cc1ccccn1.CCCN1CCCCC1.CN1CCCCC1. The molecule has 2 saturated heterocycles. The third-order valence-electron chi connectivity index (χ3n) is 4.91. The molecular weight excluding hydrogens is 414 g/mol. The highest BCUT2D eigenvalue weighted by Crippen LogP contribution is 2.08. The van der Waals surface area contributed by atoms with E-state index in [0.717, 1.165) is 18.3 Å². The second-order valence-electron chi connectivity index (χ2n) is 11.6. The van der Waals surface area contributed by atoms with Gasteiger partial charge in [-0.15, -0.1) is 0 Å². The van der Waals surface area contributed by atoms with Crippen LogP contribution in [-0.4, -0.2) is 54.6 Å². The maximum atomic E-state index is 4.22. The van der Waals surface area contributed by atoms with Gasteiger partial charge in [0.25, 0.3) is 0 Å². The lowest BCUT2D eigenvalue weighted by Crippen LogP contribution is -2.30. The average molecular weight is 478 g/mol. The average Bonchev–Trinajstić information content (AvgIpc) is 2.76. The lowest BCUT2D eigenvalue weighted by atomic mass is 10.1. The second-order valence-corrected chi connectivity index (χ2v) is 11.6. The van der Waals surface area contributed by atoms with Crippen LogP contribution < -0.4 is 0 Å². The first-order valence-corrected chi connectivity index (χ1v) is 14.4. The second kappa shape index (κ2) is 25.2. The van der Waals surface area contributed by atoms with Crippen molar-refractivity contribution in [3.8, 4) is 0 Å². The van der Waals surface area contributed by atoms with Crippen LogP contribution in [0.4, 0.5) is 0 Å². The molecular formula is C31H63N3. The van der Waals surface area contributed by atoms with E-state index in [2.05, 4.69) is 90.2 Å². The molecule has 0 atom stereocenters. The first kappa shape index (κ1) is 35.2. The van der Waals surface area contributed by atoms with Gasteiger partial charge in [-0.3, -0.25) is 4.98 Å². The van der Waals surface area contributed by atoms with Crippen molar-refractivity contribution in [3.05, 3.63) is 30.1 Å². The molecule has 3 heteroatoms. The summed E-state index contributed by atoms with van der Waals surface area (Å²) in [4.78, 5) is 9.18. The summed E-state index contributed by atoms with van der Waals surface area (Å²) >= 11 is 0. The molecule has 202 valence electrons. The summed E-state index contributed by atoms with van der Waals surface area (Å²) in [7, 11) is 2.19. The van der Waals surface area contributed by atoms with Gasteiger partial charge < -0.3 is 9.80 Å². The third kappa shape index (κ3) is 31.1. The number of piperidine rings is 2. The zero-order valence-corrected chi connectivity index (χ0v) is 25.1. The van der Waals surface area contributed by atoms with Crippen LogP contribution in [0.25, 0.3) is 0 Å². The third-order valence-corrected chi connectivity index (χ3v) is 4.91. The number of hydrogen-bond donors (Lipinski definition) is 0. The highest BCUT2D eigenvalue weighted by Gasteiger charge is 2.07. The van der Waals surface area contributed by atoms with Crippen molar-refractivity contribution < 1.29 is 0 Å². The van der Waals surface area contributed by atoms with E-state index in [-0.39, 0.29) is 0 Å². The quantitative estimate of drug-likeness (QED) is 0.433. The number of aromatic nitrogens is 1. The molecule has 0 saturated carbocycles. The molecule has 0 radical (unpaired) electrons. The maximum Gasteiger partial charge on any atom is 0.0406 e. The summed E-state index contributed by atoms with van der Waals surface area (Å²) in [6, 6.07) is 6.05. The monoisotopic (exact) mass is 478 g/mol. The van der Waals surface area contributed by atoms with Crippen LogP contribution in [0, 0.1) is 17.8 Å². The van der Waals surface area contributed by atoms with Gasteiger partial charge in [0.2, 0.25) is 0 Å². The van der Waals surface area contributed by atoms with E-state index in [1.165, 1.54) is 83.4 Å². The van der Waals surface area contributed by atoms with Crippen LogP contribution in [0.1, 0.15) is 113 Å². The molecule has 34 heavy (non-hydrogen) atoms. The molecule has 1 aromatic heterocycles. The molecule has 3 heterocycles. The normalized spacial score (nSPS) is 16.3. The Kier molecular flexibility index (Phi) is 26.1. The van der Waals surface area contributed by atoms with E-state index in [4.69, 9.17) is 0 Å². The van der Waals surface area contributed by atoms with E-state index < -0.39 is 0 Å². The molecule has 2 aliphatic rings.